The average molecular weight is 562 g/mol. The lowest BCUT2D eigenvalue weighted by Crippen LogP contribution is -2.41. The molecule has 0 saturated carbocycles. The van der Waals surface area contributed by atoms with E-state index in [1.54, 1.807) is 18.2 Å². The largest absolute Gasteiger partial charge is 0.463 e. The zero-order valence-electron chi connectivity index (χ0n) is 17.7. The number of hydrogen-bond acceptors (Lipinski definition) is 5. The van der Waals surface area contributed by atoms with Gasteiger partial charge in [-0.3, -0.25) is 9.36 Å². The number of esters is 1. The van der Waals surface area contributed by atoms with Crippen molar-refractivity contribution in [1.82, 2.24) is 4.57 Å². The zero-order chi connectivity index (χ0) is 25.5. The first kappa shape index (κ1) is 25.5. The van der Waals surface area contributed by atoms with Crippen LogP contribution >= 0.6 is 46.1 Å². The van der Waals surface area contributed by atoms with Gasteiger partial charge in [-0.2, -0.15) is 13.2 Å². The molecule has 0 spiro atoms. The molecular formula is C23H14Cl3F3N2O3S. The summed E-state index contributed by atoms with van der Waals surface area (Å²) in [5.41, 5.74) is -2.26. The summed E-state index contributed by atoms with van der Waals surface area (Å²) in [6, 6.07) is 9.12. The van der Waals surface area contributed by atoms with Crippen LogP contribution in [0.3, 0.4) is 0 Å². The molecule has 5 nitrogen and oxygen atoms in total. The van der Waals surface area contributed by atoms with Crippen LogP contribution in [0.5, 0.6) is 0 Å². The number of ether oxygens (including phenoxy) is 1. The second-order valence-electron chi connectivity index (χ2n) is 7.26. The van der Waals surface area contributed by atoms with Gasteiger partial charge in [0.25, 0.3) is 5.56 Å². The number of halogens is 6. The molecule has 1 atom stereocenters. The van der Waals surface area contributed by atoms with Gasteiger partial charge < -0.3 is 4.74 Å². The van der Waals surface area contributed by atoms with Gasteiger partial charge in [0.15, 0.2) is 10.5 Å². The Labute approximate surface area is 215 Å². The second-order valence-corrected chi connectivity index (χ2v) is 9.49. The Hall–Kier alpha value is -2.59. The third-order valence-electron chi connectivity index (χ3n) is 5.05. The number of carbonyl (C=O) groups is 1. The lowest BCUT2D eigenvalue weighted by atomic mass is 9.95. The third-order valence-corrected chi connectivity index (χ3v) is 7.12. The SMILES string of the molecule is CCOC(=O)C1=C(C(F)(F)F)N=c2s/c(=C\c3cccc(Cl)c3Cl)c(=O)n2[C@@H]1c1ccc(Cl)cc1. The summed E-state index contributed by atoms with van der Waals surface area (Å²) in [5, 5.41) is 0.753. The molecule has 1 aliphatic rings. The Morgan fingerprint density at radius 2 is 1.86 bits per heavy atom. The van der Waals surface area contributed by atoms with Gasteiger partial charge in [-0.25, -0.2) is 9.79 Å². The van der Waals surface area contributed by atoms with Crippen molar-refractivity contribution in [2.45, 2.75) is 19.1 Å². The van der Waals surface area contributed by atoms with Crippen molar-refractivity contribution in [3.05, 3.63) is 99.6 Å². The van der Waals surface area contributed by atoms with Gasteiger partial charge >= 0.3 is 12.1 Å². The standard InChI is InChI=1S/C23H14Cl3F3N2O3S/c1-2-34-21(33)16-18(11-6-8-13(24)9-7-11)31-20(32)15(10-12-4-3-5-14(25)17(12)26)35-22(31)30-19(16)23(27,28)29/h3-10,18H,2H2,1H3/b15-10-/t18-/m1/s1. The van der Waals surface area contributed by atoms with Gasteiger partial charge in [0.05, 0.1) is 32.8 Å². The van der Waals surface area contributed by atoms with Gasteiger partial charge in [0.2, 0.25) is 0 Å². The molecule has 0 saturated heterocycles. The Bertz CT molecular complexity index is 1530. The number of benzene rings is 2. The summed E-state index contributed by atoms with van der Waals surface area (Å²) in [7, 11) is 0. The fourth-order valence-electron chi connectivity index (χ4n) is 3.57. The minimum atomic E-state index is -4.99. The highest BCUT2D eigenvalue weighted by Crippen LogP contribution is 2.38. The molecule has 3 aromatic rings. The molecule has 0 aliphatic carbocycles. The van der Waals surface area contributed by atoms with E-state index >= 15 is 0 Å². The molecule has 1 aromatic heterocycles. The summed E-state index contributed by atoms with van der Waals surface area (Å²) < 4.78 is 48.3. The topological polar surface area (TPSA) is 60.7 Å². The van der Waals surface area contributed by atoms with E-state index in [4.69, 9.17) is 39.5 Å². The lowest BCUT2D eigenvalue weighted by molar-refractivity contribution is -0.140. The lowest BCUT2D eigenvalue weighted by Gasteiger charge is -2.26. The molecule has 0 N–H and O–H groups in total. The molecule has 4 rings (SSSR count). The number of aromatic nitrogens is 1. The summed E-state index contributed by atoms with van der Waals surface area (Å²) >= 11 is 19.0. The first-order valence-corrected chi connectivity index (χ1v) is 12.0. The van der Waals surface area contributed by atoms with Gasteiger partial charge in [0.1, 0.15) is 0 Å². The molecule has 0 fully saturated rings. The second kappa shape index (κ2) is 9.81. The van der Waals surface area contributed by atoms with Crippen molar-refractivity contribution in [1.29, 1.82) is 0 Å². The number of thiazole rings is 1. The maximum atomic E-state index is 14.1. The molecule has 0 unspecified atom stereocenters. The van der Waals surface area contributed by atoms with Crippen LogP contribution in [0.2, 0.25) is 15.1 Å². The van der Waals surface area contributed by atoms with Crippen molar-refractivity contribution in [2.75, 3.05) is 6.61 Å². The number of hydrogen-bond donors (Lipinski definition) is 0. The minimum Gasteiger partial charge on any atom is -0.463 e. The van der Waals surface area contributed by atoms with Crippen molar-refractivity contribution in [2.24, 2.45) is 4.99 Å². The highest BCUT2D eigenvalue weighted by molar-refractivity contribution is 7.07. The molecule has 0 bridgehead atoms. The molecular weight excluding hydrogens is 548 g/mol. The highest BCUT2D eigenvalue weighted by Gasteiger charge is 2.45. The summed E-state index contributed by atoms with van der Waals surface area (Å²) in [4.78, 5) is 29.7. The number of rotatable bonds is 4. The van der Waals surface area contributed by atoms with E-state index in [9.17, 15) is 22.8 Å². The predicted molar refractivity (Wildman–Crippen MR) is 129 cm³/mol. The van der Waals surface area contributed by atoms with Crippen molar-refractivity contribution < 1.29 is 22.7 Å². The highest BCUT2D eigenvalue weighted by atomic mass is 35.5. The van der Waals surface area contributed by atoms with Crippen LogP contribution in [0.15, 0.2) is 63.5 Å². The fourth-order valence-corrected chi connectivity index (χ4v) is 5.05. The zero-order valence-corrected chi connectivity index (χ0v) is 20.8. The van der Waals surface area contributed by atoms with E-state index in [1.807, 2.05) is 0 Å². The number of alkyl halides is 3. The first-order chi connectivity index (χ1) is 16.5. The van der Waals surface area contributed by atoms with E-state index in [0.29, 0.717) is 10.6 Å². The normalized spacial score (nSPS) is 16.2. The number of fused-ring (bicyclic) bond motifs is 1. The Balaban J connectivity index is 2.07. The van der Waals surface area contributed by atoms with E-state index in [1.165, 1.54) is 37.3 Å². The molecule has 0 radical (unpaired) electrons. The van der Waals surface area contributed by atoms with Crippen molar-refractivity contribution in [3.63, 3.8) is 0 Å². The van der Waals surface area contributed by atoms with E-state index in [0.717, 1.165) is 15.9 Å². The van der Waals surface area contributed by atoms with Gasteiger partial charge in [0, 0.05) is 5.02 Å². The van der Waals surface area contributed by atoms with Crippen LogP contribution in [-0.4, -0.2) is 23.3 Å². The molecule has 2 aromatic carbocycles. The van der Waals surface area contributed by atoms with Gasteiger partial charge in [-0.15, -0.1) is 0 Å². The monoisotopic (exact) mass is 560 g/mol. The summed E-state index contributed by atoms with van der Waals surface area (Å²) in [5.74, 6) is -1.23. The molecule has 12 heteroatoms. The average Bonchev–Trinajstić information content (AvgIpc) is 3.11. The predicted octanol–water partition coefficient (Wildman–Crippen LogP) is 5.30. The Morgan fingerprint density at radius 1 is 1.17 bits per heavy atom. The van der Waals surface area contributed by atoms with Crippen LogP contribution < -0.4 is 14.9 Å². The molecule has 2 heterocycles. The number of allylic oxidation sites excluding steroid dienone is 1. The maximum Gasteiger partial charge on any atom is 0.434 e. The van der Waals surface area contributed by atoms with Crippen LogP contribution in [0, 0.1) is 0 Å². The Kier molecular flexibility index (Phi) is 7.15. The third kappa shape index (κ3) is 4.91. The summed E-state index contributed by atoms with van der Waals surface area (Å²) in [6.45, 7) is 1.30. The summed E-state index contributed by atoms with van der Waals surface area (Å²) in [6.07, 6.45) is -3.57. The van der Waals surface area contributed by atoms with E-state index in [-0.39, 0.29) is 31.5 Å². The number of carbonyl (C=O) groups excluding carboxylic acids is 1. The van der Waals surface area contributed by atoms with Crippen molar-refractivity contribution >= 4 is 58.2 Å². The molecule has 182 valence electrons. The molecule has 0 amide bonds. The maximum absolute atomic E-state index is 14.1. The first-order valence-electron chi connectivity index (χ1n) is 10.0. The molecule has 1 aliphatic heterocycles. The van der Waals surface area contributed by atoms with Crippen LogP contribution in [-0.2, 0) is 9.53 Å². The smallest absolute Gasteiger partial charge is 0.434 e. The minimum absolute atomic E-state index is 0.0542. The van der Waals surface area contributed by atoms with E-state index < -0.39 is 35.0 Å². The number of nitrogens with zero attached hydrogens (tertiary/aromatic N) is 2. The van der Waals surface area contributed by atoms with E-state index in [2.05, 4.69) is 4.99 Å². The van der Waals surface area contributed by atoms with Crippen LogP contribution in [0.1, 0.15) is 24.1 Å². The van der Waals surface area contributed by atoms with Gasteiger partial charge in [-0.05, 0) is 42.3 Å². The fraction of sp³-hybridized carbons (Fsp3) is 0.174. The van der Waals surface area contributed by atoms with Gasteiger partial charge in [-0.1, -0.05) is 70.4 Å². The van der Waals surface area contributed by atoms with Crippen molar-refractivity contribution in [3.8, 4) is 0 Å². The van der Waals surface area contributed by atoms with Crippen LogP contribution in [0.4, 0.5) is 13.2 Å². The van der Waals surface area contributed by atoms with Crippen LogP contribution in [0.25, 0.3) is 6.08 Å². The quantitative estimate of drug-likeness (QED) is 0.406. The Morgan fingerprint density at radius 3 is 2.49 bits per heavy atom. The molecule has 35 heavy (non-hydrogen) atoms.